The minimum Gasteiger partial charge on any atom is -0.478 e. The molecule has 154 valence electrons. The molecule has 5 rings (SSSR count). The first-order chi connectivity index (χ1) is 15.1. The van der Waals surface area contributed by atoms with E-state index in [0.717, 1.165) is 22.1 Å². The summed E-state index contributed by atoms with van der Waals surface area (Å²) in [6.07, 6.45) is 3.43. The van der Waals surface area contributed by atoms with E-state index in [1.807, 2.05) is 30.3 Å². The predicted molar refractivity (Wildman–Crippen MR) is 117 cm³/mol. The topological polar surface area (TPSA) is 107 Å². The van der Waals surface area contributed by atoms with Crippen LogP contribution in [0.2, 0.25) is 0 Å². The fourth-order valence-corrected chi connectivity index (χ4v) is 4.22. The molecule has 7 heteroatoms. The summed E-state index contributed by atoms with van der Waals surface area (Å²) in [6.45, 7) is 1.29. The molecular weight excluding hydrogens is 392 g/mol. The number of carbonyl (C=O) groups excluding carboxylic acids is 1. The molecule has 2 aromatic carbocycles. The van der Waals surface area contributed by atoms with E-state index in [4.69, 9.17) is 0 Å². The zero-order valence-corrected chi connectivity index (χ0v) is 16.6. The van der Waals surface area contributed by atoms with Crippen molar-refractivity contribution in [1.82, 2.24) is 15.3 Å². The van der Waals surface area contributed by atoms with Gasteiger partial charge in [-0.25, -0.2) is 9.78 Å². The minimum atomic E-state index is -0.959. The van der Waals surface area contributed by atoms with Crippen LogP contribution < -0.4 is 10.6 Å². The lowest BCUT2D eigenvalue weighted by atomic mass is 9.82. The Kier molecular flexibility index (Phi) is 4.72. The zero-order chi connectivity index (χ0) is 21.4. The normalized spacial score (nSPS) is 15.4. The van der Waals surface area contributed by atoms with Gasteiger partial charge in [0.05, 0.1) is 11.3 Å². The lowest BCUT2D eigenvalue weighted by Crippen LogP contribution is -2.30. The lowest BCUT2D eigenvalue weighted by molar-refractivity contribution is 0.0696. The second-order valence-electron chi connectivity index (χ2n) is 7.54. The SMILES string of the molecule is O=C(O)c1ccc2c(c1)C(c1ccccc1C(=O)Nc1ccnc3[nH]ccc13)CNC2. The van der Waals surface area contributed by atoms with Gasteiger partial charge in [0.15, 0.2) is 0 Å². The summed E-state index contributed by atoms with van der Waals surface area (Å²) < 4.78 is 0. The highest BCUT2D eigenvalue weighted by molar-refractivity contribution is 6.09. The molecule has 3 heterocycles. The van der Waals surface area contributed by atoms with Gasteiger partial charge in [-0.15, -0.1) is 0 Å². The Hall–Kier alpha value is -3.97. The molecule has 7 nitrogen and oxygen atoms in total. The monoisotopic (exact) mass is 412 g/mol. The maximum atomic E-state index is 13.3. The Bertz CT molecular complexity index is 1310. The molecule has 0 saturated carbocycles. The fraction of sp³-hybridized carbons (Fsp3) is 0.125. The third-order valence-electron chi connectivity index (χ3n) is 5.72. The molecule has 0 spiro atoms. The summed E-state index contributed by atoms with van der Waals surface area (Å²) in [5.41, 5.74) is 5.03. The van der Waals surface area contributed by atoms with E-state index in [9.17, 15) is 14.7 Å². The number of carbonyl (C=O) groups is 2. The smallest absolute Gasteiger partial charge is 0.335 e. The molecule has 2 aromatic heterocycles. The van der Waals surface area contributed by atoms with Crippen LogP contribution in [-0.2, 0) is 6.54 Å². The Balaban J connectivity index is 1.54. The number of nitrogens with one attached hydrogen (secondary N) is 3. The molecule has 31 heavy (non-hydrogen) atoms. The van der Waals surface area contributed by atoms with Crippen molar-refractivity contribution in [2.75, 3.05) is 11.9 Å². The van der Waals surface area contributed by atoms with E-state index < -0.39 is 5.97 Å². The highest BCUT2D eigenvalue weighted by atomic mass is 16.4. The van der Waals surface area contributed by atoms with Crippen molar-refractivity contribution in [3.63, 3.8) is 0 Å². The molecule has 0 saturated heterocycles. The maximum Gasteiger partial charge on any atom is 0.335 e. The molecule has 0 fully saturated rings. The van der Waals surface area contributed by atoms with Gasteiger partial charge in [0.25, 0.3) is 5.91 Å². The highest BCUT2D eigenvalue weighted by Crippen LogP contribution is 2.33. The van der Waals surface area contributed by atoms with Gasteiger partial charge in [-0.1, -0.05) is 24.3 Å². The first kappa shape index (κ1) is 19.0. The van der Waals surface area contributed by atoms with Crippen LogP contribution in [-0.4, -0.2) is 33.5 Å². The Labute approximate surface area is 178 Å². The van der Waals surface area contributed by atoms with E-state index in [-0.39, 0.29) is 17.4 Å². The number of carboxylic acid groups (broad SMARTS) is 1. The number of hydrogen-bond acceptors (Lipinski definition) is 4. The lowest BCUT2D eigenvalue weighted by Gasteiger charge is -2.28. The first-order valence-electron chi connectivity index (χ1n) is 10.0. The molecule has 4 N–H and O–H groups in total. The number of nitrogens with zero attached hydrogens (tertiary/aromatic N) is 1. The number of benzene rings is 2. The summed E-state index contributed by atoms with van der Waals surface area (Å²) >= 11 is 0. The number of anilines is 1. The van der Waals surface area contributed by atoms with Gasteiger partial charge in [-0.2, -0.15) is 0 Å². The van der Waals surface area contributed by atoms with E-state index in [1.54, 1.807) is 36.7 Å². The Morgan fingerprint density at radius 1 is 1.06 bits per heavy atom. The molecule has 1 amide bonds. The summed E-state index contributed by atoms with van der Waals surface area (Å²) in [6, 6.07) is 16.3. The van der Waals surface area contributed by atoms with Crippen molar-refractivity contribution in [2.24, 2.45) is 0 Å². The van der Waals surface area contributed by atoms with Gasteiger partial charge in [0.2, 0.25) is 0 Å². The number of amides is 1. The van der Waals surface area contributed by atoms with Crippen molar-refractivity contribution in [2.45, 2.75) is 12.5 Å². The fourth-order valence-electron chi connectivity index (χ4n) is 4.22. The quantitative estimate of drug-likeness (QED) is 0.408. The summed E-state index contributed by atoms with van der Waals surface area (Å²) in [4.78, 5) is 32.1. The van der Waals surface area contributed by atoms with Crippen LogP contribution in [0.15, 0.2) is 67.0 Å². The average Bonchev–Trinajstić information content (AvgIpc) is 3.28. The maximum absolute atomic E-state index is 13.3. The second-order valence-corrected chi connectivity index (χ2v) is 7.54. The van der Waals surface area contributed by atoms with Crippen molar-refractivity contribution >= 4 is 28.6 Å². The third-order valence-corrected chi connectivity index (χ3v) is 5.72. The average molecular weight is 412 g/mol. The van der Waals surface area contributed by atoms with E-state index in [1.165, 1.54) is 0 Å². The first-order valence-corrected chi connectivity index (χ1v) is 10.0. The molecule has 0 aliphatic carbocycles. The predicted octanol–water partition coefficient (Wildman–Crippen LogP) is 3.75. The number of pyridine rings is 1. The summed E-state index contributed by atoms with van der Waals surface area (Å²) in [7, 11) is 0. The van der Waals surface area contributed by atoms with E-state index in [2.05, 4.69) is 20.6 Å². The highest BCUT2D eigenvalue weighted by Gasteiger charge is 2.26. The standard InChI is InChI=1S/C24H20N4O3/c29-23(28-21-8-10-27-22-18(21)7-9-26-22)17-4-2-1-3-16(17)20-13-25-12-15-6-5-14(24(30)31)11-19(15)20/h1-11,20,25H,12-13H2,(H,30,31)(H2,26,27,28,29). The number of carboxylic acids is 1. The molecule has 1 aliphatic heterocycles. The van der Waals surface area contributed by atoms with Gasteiger partial charge in [-0.05, 0) is 47.0 Å². The van der Waals surface area contributed by atoms with Crippen LogP contribution in [0.1, 0.15) is 43.3 Å². The van der Waals surface area contributed by atoms with Crippen LogP contribution in [0.3, 0.4) is 0 Å². The number of hydrogen-bond donors (Lipinski definition) is 4. The van der Waals surface area contributed by atoms with Crippen molar-refractivity contribution in [1.29, 1.82) is 0 Å². The van der Waals surface area contributed by atoms with Crippen molar-refractivity contribution < 1.29 is 14.7 Å². The van der Waals surface area contributed by atoms with Gasteiger partial charge in [-0.3, -0.25) is 4.79 Å². The van der Waals surface area contributed by atoms with E-state index >= 15 is 0 Å². The van der Waals surface area contributed by atoms with Crippen LogP contribution in [0.4, 0.5) is 5.69 Å². The van der Waals surface area contributed by atoms with E-state index in [0.29, 0.717) is 30.0 Å². The second kappa shape index (κ2) is 7.70. The molecule has 4 aromatic rings. The molecular formula is C24H20N4O3. The Morgan fingerprint density at radius 3 is 2.81 bits per heavy atom. The Morgan fingerprint density at radius 2 is 1.94 bits per heavy atom. The minimum absolute atomic E-state index is 0.130. The molecule has 1 unspecified atom stereocenters. The van der Waals surface area contributed by atoms with Crippen LogP contribution in [0.5, 0.6) is 0 Å². The zero-order valence-electron chi connectivity index (χ0n) is 16.6. The van der Waals surface area contributed by atoms with Gasteiger partial charge in [0.1, 0.15) is 5.65 Å². The number of fused-ring (bicyclic) bond motifs is 2. The summed E-state index contributed by atoms with van der Waals surface area (Å²) in [5, 5.41) is 16.7. The van der Waals surface area contributed by atoms with Gasteiger partial charge < -0.3 is 20.7 Å². The third kappa shape index (κ3) is 3.45. The number of H-pyrrole nitrogens is 1. The molecule has 0 radical (unpaired) electrons. The number of aromatic amines is 1. The molecule has 0 bridgehead atoms. The van der Waals surface area contributed by atoms with Crippen molar-refractivity contribution in [3.05, 3.63) is 94.8 Å². The largest absolute Gasteiger partial charge is 0.478 e. The van der Waals surface area contributed by atoms with Crippen molar-refractivity contribution in [3.8, 4) is 0 Å². The molecule has 1 aliphatic rings. The van der Waals surface area contributed by atoms with Gasteiger partial charge in [0, 0.05) is 42.4 Å². The van der Waals surface area contributed by atoms with Crippen LogP contribution in [0.25, 0.3) is 11.0 Å². The molecule has 1 atom stereocenters. The van der Waals surface area contributed by atoms with Crippen LogP contribution in [0, 0.1) is 0 Å². The number of rotatable bonds is 4. The van der Waals surface area contributed by atoms with Gasteiger partial charge >= 0.3 is 5.97 Å². The number of aromatic carboxylic acids is 1. The van der Waals surface area contributed by atoms with Crippen LogP contribution >= 0.6 is 0 Å². The number of aromatic nitrogens is 2. The summed E-state index contributed by atoms with van der Waals surface area (Å²) in [5.74, 6) is -1.31.